The van der Waals surface area contributed by atoms with Gasteiger partial charge >= 0.3 is 5.97 Å². The van der Waals surface area contributed by atoms with E-state index in [0.717, 1.165) is 25.7 Å². The number of aryl methyl sites for hydroxylation is 1. The molecule has 0 saturated heterocycles. The third-order valence-corrected chi connectivity index (χ3v) is 2.80. The normalized spacial score (nSPS) is 10.4. The van der Waals surface area contributed by atoms with E-state index in [2.05, 4.69) is 11.1 Å². The summed E-state index contributed by atoms with van der Waals surface area (Å²) in [4.78, 5) is 14.6. The van der Waals surface area contributed by atoms with Gasteiger partial charge in [-0.25, -0.2) is 0 Å². The SMILES string of the molecule is O=C(O)CCCCCCCCc1ccccn1. The number of aromatic nitrogens is 1. The summed E-state index contributed by atoms with van der Waals surface area (Å²) in [5, 5.41) is 8.47. The predicted octanol–water partition coefficient (Wildman–Crippen LogP) is 3.44. The first kappa shape index (κ1) is 13.7. The zero-order chi connectivity index (χ0) is 12.3. The van der Waals surface area contributed by atoms with Gasteiger partial charge in [-0.15, -0.1) is 0 Å². The standard InChI is InChI=1S/C14H21NO2/c16-14(17)11-6-4-2-1-3-5-9-13-10-7-8-12-15-13/h7-8,10,12H,1-6,9,11H2,(H,16,17). The molecular weight excluding hydrogens is 214 g/mol. The van der Waals surface area contributed by atoms with E-state index in [1.165, 1.54) is 25.0 Å². The summed E-state index contributed by atoms with van der Waals surface area (Å²) in [5.74, 6) is -0.680. The molecule has 1 aromatic heterocycles. The zero-order valence-corrected chi connectivity index (χ0v) is 10.3. The van der Waals surface area contributed by atoms with Crippen molar-refractivity contribution in [3.63, 3.8) is 0 Å². The van der Waals surface area contributed by atoms with Gasteiger partial charge in [-0.05, 0) is 31.4 Å². The second-order valence-corrected chi connectivity index (χ2v) is 4.34. The maximum atomic E-state index is 10.3. The van der Waals surface area contributed by atoms with E-state index < -0.39 is 5.97 Å². The van der Waals surface area contributed by atoms with Gasteiger partial charge in [-0.1, -0.05) is 31.7 Å². The lowest BCUT2D eigenvalue weighted by Crippen LogP contribution is -1.93. The van der Waals surface area contributed by atoms with Crippen LogP contribution in [0.2, 0.25) is 0 Å². The van der Waals surface area contributed by atoms with E-state index in [4.69, 9.17) is 5.11 Å². The highest BCUT2D eigenvalue weighted by molar-refractivity contribution is 5.66. The van der Waals surface area contributed by atoms with Gasteiger partial charge in [-0.2, -0.15) is 0 Å². The minimum absolute atomic E-state index is 0.313. The minimum atomic E-state index is -0.680. The molecule has 0 aromatic carbocycles. The van der Waals surface area contributed by atoms with Gasteiger partial charge in [0, 0.05) is 18.3 Å². The number of nitrogens with zero attached hydrogens (tertiary/aromatic N) is 1. The molecule has 17 heavy (non-hydrogen) atoms. The average Bonchev–Trinajstić information content (AvgIpc) is 2.33. The third-order valence-electron chi connectivity index (χ3n) is 2.80. The number of rotatable bonds is 9. The predicted molar refractivity (Wildman–Crippen MR) is 67.9 cm³/mol. The molecular formula is C14H21NO2. The maximum Gasteiger partial charge on any atom is 0.303 e. The lowest BCUT2D eigenvalue weighted by atomic mass is 10.1. The number of unbranched alkanes of at least 4 members (excludes halogenated alkanes) is 5. The lowest BCUT2D eigenvalue weighted by Gasteiger charge is -2.01. The van der Waals surface area contributed by atoms with Crippen LogP contribution in [0.15, 0.2) is 24.4 Å². The van der Waals surface area contributed by atoms with Crippen molar-refractivity contribution < 1.29 is 9.90 Å². The first-order chi connectivity index (χ1) is 8.29. The fourth-order valence-corrected chi connectivity index (χ4v) is 1.84. The molecule has 1 heterocycles. The molecule has 0 radical (unpaired) electrons. The summed E-state index contributed by atoms with van der Waals surface area (Å²) in [5.41, 5.74) is 1.17. The summed E-state index contributed by atoms with van der Waals surface area (Å²) >= 11 is 0. The number of carbonyl (C=O) groups is 1. The van der Waals surface area contributed by atoms with Crippen LogP contribution in [0.4, 0.5) is 0 Å². The van der Waals surface area contributed by atoms with Crippen LogP contribution >= 0.6 is 0 Å². The summed E-state index contributed by atoms with van der Waals surface area (Å²) in [7, 11) is 0. The van der Waals surface area contributed by atoms with Gasteiger partial charge in [0.15, 0.2) is 0 Å². The average molecular weight is 235 g/mol. The van der Waals surface area contributed by atoms with Crippen LogP contribution in [-0.4, -0.2) is 16.1 Å². The number of carboxylic acids is 1. The van der Waals surface area contributed by atoms with Crippen LogP contribution in [0, 0.1) is 0 Å². The molecule has 94 valence electrons. The third kappa shape index (κ3) is 7.50. The zero-order valence-electron chi connectivity index (χ0n) is 10.3. The lowest BCUT2D eigenvalue weighted by molar-refractivity contribution is -0.137. The van der Waals surface area contributed by atoms with Gasteiger partial charge in [0.1, 0.15) is 0 Å². The smallest absolute Gasteiger partial charge is 0.303 e. The second-order valence-electron chi connectivity index (χ2n) is 4.34. The fourth-order valence-electron chi connectivity index (χ4n) is 1.84. The molecule has 0 unspecified atom stereocenters. The molecule has 0 amide bonds. The fraction of sp³-hybridized carbons (Fsp3) is 0.571. The van der Waals surface area contributed by atoms with Crippen molar-refractivity contribution in [1.82, 2.24) is 4.98 Å². The van der Waals surface area contributed by atoms with E-state index in [0.29, 0.717) is 6.42 Å². The van der Waals surface area contributed by atoms with E-state index >= 15 is 0 Å². The molecule has 0 aliphatic carbocycles. The molecule has 0 aliphatic rings. The molecule has 1 N–H and O–H groups in total. The molecule has 0 bridgehead atoms. The maximum absolute atomic E-state index is 10.3. The number of carboxylic acid groups (broad SMARTS) is 1. The number of hydrogen-bond donors (Lipinski definition) is 1. The van der Waals surface area contributed by atoms with Crippen molar-refractivity contribution in [3.8, 4) is 0 Å². The number of aliphatic carboxylic acids is 1. The van der Waals surface area contributed by atoms with Crippen molar-refractivity contribution in [2.45, 2.75) is 51.4 Å². The molecule has 0 fully saturated rings. The topological polar surface area (TPSA) is 50.2 Å². The number of pyridine rings is 1. The quantitative estimate of drug-likeness (QED) is 0.667. The Kier molecular flexibility index (Phi) is 7.03. The number of hydrogen-bond acceptors (Lipinski definition) is 2. The van der Waals surface area contributed by atoms with Crippen LogP contribution in [-0.2, 0) is 11.2 Å². The largest absolute Gasteiger partial charge is 0.481 e. The molecule has 3 nitrogen and oxygen atoms in total. The van der Waals surface area contributed by atoms with Crippen LogP contribution in [0.3, 0.4) is 0 Å². The molecule has 0 spiro atoms. The highest BCUT2D eigenvalue weighted by atomic mass is 16.4. The summed E-state index contributed by atoms with van der Waals surface area (Å²) in [6, 6.07) is 6.02. The Bertz CT molecular complexity index is 311. The van der Waals surface area contributed by atoms with Crippen molar-refractivity contribution in [2.24, 2.45) is 0 Å². The van der Waals surface area contributed by atoms with Crippen LogP contribution in [0.5, 0.6) is 0 Å². The van der Waals surface area contributed by atoms with Gasteiger partial charge in [0.2, 0.25) is 0 Å². The van der Waals surface area contributed by atoms with E-state index in [-0.39, 0.29) is 0 Å². The summed E-state index contributed by atoms with van der Waals surface area (Å²) in [6.07, 6.45) is 9.79. The van der Waals surface area contributed by atoms with Crippen molar-refractivity contribution in [1.29, 1.82) is 0 Å². The first-order valence-electron chi connectivity index (χ1n) is 6.41. The Morgan fingerprint density at radius 3 is 2.41 bits per heavy atom. The van der Waals surface area contributed by atoms with Gasteiger partial charge < -0.3 is 5.11 Å². The molecule has 1 rings (SSSR count). The summed E-state index contributed by atoms with van der Waals surface area (Å²) in [6.45, 7) is 0. The Morgan fingerprint density at radius 1 is 1.06 bits per heavy atom. The van der Waals surface area contributed by atoms with Crippen LogP contribution < -0.4 is 0 Å². The van der Waals surface area contributed by atoms with Crippen LogP contribution in [0.25, 0.3) is 0 Å². The highest BCUT2D eigenvalue weighted by Crippen LogP contribution is 2.09. The van der Waals surface area contributed by atoms with Gasteiger partial charge in [0.05, 0.1) is 0 Å². The summed E-state index contributed by atoms with van der Waals surface area (Å²) < 4.78 is 0. The molecule has 0 atom stereocenters. The second kappa shape index (κ2) is 8.74. The molecule has 3 heteroatoms. The Morgan fingerprint density at radius 2 is 1.76 bits per heavy atom. The van der Waals surface area contributed by atoms with Crippen molar-refractivity contribution in [3.05, 3.63) is 30.1 Å². The Hall–Kier alpha value is -1.38. The van der Waals surface area contributed by atoms with E-state index in [1.54, 1.807) is 0 Å². The molecule has 1 aromatic rings. The van der Waals surface area contributed by atoms with Gasteiger partial charge in [0.25, 0.3) is 0 Å². The monoisotopic (exact) mass is 235 g/mol. The Balaban J connectivity index is 1.90. The molecule has 0 saturated carbocycles. The van der Waals surface area contributed by atoms with Crippen molar-refractivity contribution in [2.75, 3.05) is 0 Å². The van der Waals surface area contributed by atoms with Crippen LogP contribution in [0.1, 0.15) is 50.6 Å². The highest BCUT2D eigenvalue weighted by Gasteiger charge is 1.97. The van der Waals surface area contributed by atoms with E-state index in [9.17, 15) is 4.79 Å². The van der Waals surface area contributed by atoms with Gasteiger partial charge in [-0.3, -0.25) is 9.78 Å². The van der Waals surface area contributed by atoms with Crippen molar-refractivity contribution >= 4 is 5.97 Å². The first-order valence-corrected chi connectivity index (χ1v) is 6.41. The van der Waals surface area contributed by atoms with E-state index in [1.807, 2.05) is 18.3 Å². The molecule has 0 aliphatic heterocycles. The Labute approximate surface area is 103 Å². The minimum Gasteiger partial charge on any atom is -0.481 e.